The van der Waals surface area contributed by atoms with E-state index >= 15 is 0 Å². The lowest BCUT2D eigenvalue weighted by Gasteiger charge is -2.31. The predicted molar refractivity (Wildman–Crippen MR) is 103 cm³/mol. The van der Waals surface area contributed by atoms with E-state index < -0.39 is 0 Å². The number of amides is 2. The van der Waals surface area contributed by atoms with Gasteiger partial charge < -0.3 is 20.4 Å². The van der Waals surface area contributed by atoms with Crippen LogP contribution in [-0.2, 0) is 9.59 Å². The van der Waals surface area contributed by atoms with Crippen LogP contribution in [0.5, 0.6) is 0 Å². The van der Waals surface area contributed by atoms with Gasteiger partial charge in [0.05, 0.1) is 25.2 Å². The Bertz CT molecular complexity index is 590. The third-order valence-corrected chi connectivity index (χ3v) is 6.26. The van der Waals surface area contributed by atoms with E-state index in [9.17, 15) is 9.59 Å². The summed E-state index contributed by atoms with van der Waals surface area (Å²) in [7, 11) is 0. The Labute approximate surface area is 166 Å². The first-order valence-electron chi connectivity index (χ1n) is 10.5. The Morgan fingerprint density at radius 2 is 1.14 bits per heavy atom. The maximum Gasteiger partial charge on any atom is 0.237 e. The Morgan fingerprint density at radius 1 is 0.750 bits per heavy atom. The normalized spacial score (nSPS) is 30.1. The van der Waals surface area contributed by atoms with Gasteiger partial charge in [0.25, 0.3) is 0 Å². The van der Waals surface area contributed by atoms with E-state index in [1.54, 1.807) is 9.80 Å². The molecule has 0 radical (unpaired) electrons. The summed E-state index contributed by atoms with van der Waals surface area (Å²) in [6, 6.07) is 4.51. The van der Waals surface area contributed by atoms with Gasteiger partial charge in [-0.15, -0.1) is 0 Å². The van der Waals surface area contributed by atoms with Crippen molar-refractivity contribution in [1.29, 1.82) is 10.5 Å². The average molecular weight is 387 g/mol. The molecule has 3 aliphatic rings. The third-order valence-electron chi connectivity index (χ3n) is 6.26. The number of rotatable bonds is 6. The molecule has 152 valence electrons. The fourth-order valence-electron chi connectivity index (χ4n) is 4.57. The number of nitrogens with one attached hydrogen (secondary N) is 2. The molecule has 1 saturated carbocycles. The minimum absolute atomic E-state index is 0.0209. The van der Waals surface area contributed by atoms with Gasteiger partial charge in [0, 0.05) is 25.2 Å². The second kappa shape index (κ2) is 9.86. The zero-order chi connectivity index (χ0) is 19.9. The average Bonchev–Trinajstić information content (AvgIpc) is 3.39. The quantitative estimate of drug-likeness (QED) is 0.688. The van der Waals surface area contributed by atoms with E-state index in [1.165, 1.54) is 0 Å². The highest BCUT2D eigenvalue weighted by atomic mass is 16.2. The Hall–Kier alpha value is -2.16. The van der Waals surface area contributed by atoms with E-state index in [-0.39, 0.29) is 23.9 Å². The van der Waals surface area contributed by atoms with E-state index in [4.69, 9.17) is 10.5 Å². The second-order valence-electron chi connectivity index (χ2n) is 8.06. The summed E-state index contributed by atoms with van der Waals surface area (Å²) in [6.45, 7) is 1.97. The van der Waals surface area contributed by atoms with Gasteiger partial charge in [0.1, 0.15) is 12.1 Å². The topological polar surface area (TPSA) is 112 Å². The molecule has 8 nitrogen and oxygen atoms in total. The highest BCUT2D eigenvalue weighted by Crippen LogP contribution is 2.20. The van der Waals surface area contributed by atoms with Gasteiger partial charge in [0.2, 0.25) is 11.8 Å². The van der Waals surface area contributed by atoms with Crippen LogP contribution in [0.3, 0.4) is 0 Å². The van der Waals surface area contributed by atoms with Crippen molar-refractivity contribution in [3.8, 4) is 12.1 Å². The molecule has 2 aliphatic heterocycles. The van der Waals surface area contributed by atoms with Gasteiger partial charge >= 0.3 is 0 Å². The van der Waals surface area contributed by atoms with Crippen molar-refractivity contribution >= 4 is 11.8 Å². The maximum atomic E-state index is 12.3. The van der Waals surface area contributed by atoms with Gasteiger partial charge in [0.15, 0.2) is 0 Å². The van der Waals surface area contributed by atoms with Gasteiger partial charge in [-0.3, -0.25) is 9.59 Å². The molecule has 0 aromatic rings. The van der Waals surface area contributed by atoms with E-state index in [1.807, 2.05) is 0 Å². The molecule has 0 unspecified atom stereocenters. The lowest BCUT2D eigenvalue weighted by molar-refractivity contribution is -0.131. The van der Waals surface area contributed by atoms with E-state index in [0.29, 0.717) is 38.3 Å². The predicted octanol–water partition coefficient (Wildman–Crippen LogP) is 0.506. The fourth-order valence-corrected chi connectivity index (χ4v) is 4.57. The molecule has 2 N–H and O–H groups in total. The van der Waals surface area contributed by atoms with Gasteiger partial charge in [-0.25, -0.2) is 0 Å². The van der Waals surface area contributed by atoms with Crippen LogP contribution in [0.2, 0.25) is 0 Å². The fraction of sp³-hybridized carbons (Fsp3) is 0.800. The van der Waals surface area contributed by atoms with Crippen LogP contribution >= 0.6 is 0 Å². The zero-order valence-corrected chi connectivity index (χ0v) is 16.4. The number of hydrogen-bond acceptors (Lipinski definition) is 6. The molecule has 1 aliphatic carbocycles. The highest BCUT2D eigenvalue weighted by molar-refractivity contribution is 5.79. The number of hydrogen-bond donors (Lipinski definition) is 2. The van der Waals surface area contributed by atoms with Gasteiger partial charge in [-0.05, 0) is 51.4 Å². The molecule has 3 fully saturated rings. The second-order valence-corrected chi connectivity index (χ2v) is 8.06. The van der Waals surface area contributed by atoms with Crippen LogP contribution < -0.4 is 10.6 Å². The molecule has 2 saturated heterocycles. The summed E-state index contributed by atoms with van der Waals surface area (Å²) in [6.07, 6.45) is 7.24. The van der Waals surface area contributed by atoms with Crippen LogP contribution in [-0.4, -0.2) is 72.0 Å². The molecule has 3 rings (SSSR count). The van der Waals surface area contributed by atoms with Crippen LogP contribution in [0, 0.1) is 22.7 Å². The number of nitriles is 2. The lowest BCUT2D eigenvalue weighted by Crippen LogP contribution is -2.47. The van der Waals surface area contributed by atoms with Crippen LogP contribution in [0.4, 0.5) is 0 Å². The maximum absolute atomic E-state index is 12.3. The van der Waals surface area contributed by atoms with E-state index in [2.05, 4.69) is 22.8 Å². The summed E-state index contributed by atoms with van der Waals surface area (Å²) in [4.78, 5) is 28.0. The molecule has 2 amide bonds. The van der Waals surface area contributed by atoms with Crippen LogP contribution in [0.1, 0.15) is 51.4 Å². The molecular formula is C20H30N6O2. The standard InChI is InChI=1S/C20H30N6O2/c21-11-17-3-1-9-25(17)19(27)13-23-15-5-7-16(8-6-15)24-14-20(28)26-10-2-4-18(26)12-22/h15-18,23-24H,1-10,13-14H2/t15?,16?,17-,18-/m0/s1. The van der Waals surface area contributed by atoms with Crippen LogP contribution in [0.15, 0.2) is 0 Å². The molecule has 28 heavy (non-hydrogen) atoms. The first-order chi connectivity index (χ1) is 13.6. The summed E-state index contributed by atoms with van der Waals surface area (Å²) in [5.41, 5.74) is 0. The van der Waals surface area contributed by atoms with Crippen molar-refractivity contribution in [2.75, 3.05) is 26.2 Å². The van der Waals surface area contributed by atoms with Gasteiger partial charge in [-0.1, -0.05) is 0 Å². The number of nitrogens with zero attached hydrogens (tertiary/aromatic N) is 4. The molecule has 0 bridgehead atoms. The molecule has 0 spiro atoms. The minimum atomic E-state index is -0.261. The summed E-state index contributed by atoms with van der Waals surface area (Å²) >= 11 is 0. The lowest BCUT2D eigenvalue weighted by atomic mass is 9.91. The van der Waals surface area contributed by atoms with Crippen molar-refractivity contribution in [3.05, 3.63) is 0 Å². The monoisotopic (exact) mass is 386 g/mol. The Morgan fingerprint density at radius 3 is 1.50 bits per heavy atom. The SMILES string of the molecule is N#C[C@@H]1CCCN1C(=O)CNC1CCC(NCC(=O)N2CCC[C@H]2C#N)CC1. The van der Waals surface area contributed by atoms with Crippen molar-refractivity contribution < 1.29 is 9.59 Å². The first-order valence-corrected chi connectivity index (χ1v) is 10.5. The Balaban J connectivity index is 1.32. The van der Waals surface area contributed by atoms with Crippen molar-refractivity contribution in [2.45, 2.75) is 75.5 Å². The van der Waals surface area contributed by atoms with E-state index in [0.717, 1.165) is 51.4 Å². The molecule has 2 atom stereocenters. The first kappa shape index (κ1) is 20.6. The molecule has 8 heteroatoms. The summed E-state index contributed by atoms with van der Waals surface area (Å²) in [5.74, 6) is 0.0418. The van der Waals surface area contributed by atoms with Gasteiger partial charge in [-0.2, -0.15) is 10.5 Å². The summed E-state index contributed by atoms with van der Waals surface area (Å²) < 4.78 is 0. The summed E-state index contributed by atoms with van der Waals surface area (Å²) in [5, 5.41) is 24.9. The van der Waals surface area contributed by atoms with Crippen molar-refractivity contribution in [2.24, 2.45) is 0 Å². The van der Waals surface area contributed by atoms with Crippen LogP contribution in [0.25, 0.3) is 0 Å². The largest absolute Gasteiger partial charge is 0.326 e. The molecule has 0 aromatic carbocycles. The molecular weight excluding hydrogens is 356 g/mol. The van der Waals surface area contributed by atoms with Crippen molar-refractivity contribution in [1.82, 2.24) is 20.4 Å². The highest BCUT2D eigenvalue weighted by Gasteiger charge is 2.30. The van der Waals surface area contributed by atoms with Crippen molar-refractivity contribution in [3.63, 3.8) is 0 Å². The third kappa shape index (κ3) is 5.01. The Kier molecular flexibility index (Phi) is 7.24. The molecule has 2 heterocycles. The minimum Gasteiger partial charge on any atom is -0.326 e. The number of likely N-dealkylation sites (tertiary alicyclic amines) is 2. The number of carbonyl (C=O) groups is 2. The number of carbonyl (C=O) groups excluding carboxylic acids is 2. The smallest absolute Gasteiger partial charge is 0.237 e. The molecule has 0 aromatic heterocycles. The zero-order valence-electron chi connectivity index (χ0n) is 16.4.